The maximum absolute atomic E-state index is 12.8. The number of anilines is 1. The number of amides is 1. The molecule has 1 amide bonds. The Bertz CT molecular complexity index is 1350. The average Bonchev–Trinajstić information content (AvgIpc) is 2.84. The second kappa shape index (κ2) is 10.4. The number of hydrogen-bond acceptors (Lipinski definition) is 5. The van der Waals surface area contributed by atoms with E-state index in [0.717, 1.165) is 11.8 Å². The Morgan fingerprint density at radius 3 is 2.40 bits per heavy atom. The van der Waals surface area contributed by atoms with Crippen molar-refractivity contribution in [2.24, 2.45) is 0 Å². The molecule has 0 saturated carbocycles. The number of nitrogens with zero attached hydrogens (tertiary/aromatic N) is 1. The van der Waals surface area contributed by atoms with Gasteiger partial charge in [0.25, 0.3) is 5.91 Å². The van der Waals surface area contributed by atoms with Crippen molar-refractivity contribution < 1.29 is 22.7 Å². The quantitative estimate of drug-likeness (QED) is 0.449. The molecule has 1 N–H and O–H groups in total. The number of carbonyl (C=O) groups is 1. The summed E-state index contributed by atoms with van der Waals surface area (Å²) < 4.78 is 37.3. The molecule has 0 spiro atoms. The third-order valence-corrected chi connectivity index (χ3v) is 7.49. The van der Waals surface area contributed by atoms with Gasteiger partial charge in [0.1, 0.15) is 13.2 Å². The second-order valence-electron chi connectivity index (χ2n) is 8.14. The lowest BCUT2D eigenvalue weighted by molar-refractivity contribution is 0.0939. The van der Waals surface area contributed by atoms with Crippen molar-refractivity contribution in [1.29, 1.82) is 0 Å². The highest BCUT2D eigenvalue weighted by atomic mass is 35.5. The topological polar surface area (TPSA) is 84.9 Å². The predicted molar refractivity (Wildman–Crippen MR) is 137 cm³/mol. The predicted octanol–water partition coefficient (Wildman–Crippen LogP) is 5.22. The molecule has 0 fully saturated rings. The Kier molecular flexibility index (Phi) is 7.44. The van der Waals surface area contributed by atoms with Gasteiger partial charge in [0.05, 0.1) is 34.6 Å². The molecular weight excluding hydrogens is 511 g/mol. The number of sulfonamides is 1. The summed E-state index contributed by atoms with van der Waals surface area (Å²) in [4.78, 5) is 12.8. The van der Waals surface area contributed by atoms with Crippen molar-refractivity contribution in [3.63, 3.8) is 0 Å². The van der Waals surface area contributed by atoms with Crippen LogP contribution in [0.2, 0.25) is 10.0 Å². The number of fused-ring (bicyclic) bond motifs is 1. The molecule has 0 bridgehead atoms. The van der Waals surface area contributed by atoms with Gasteiger partial charge in [-0.3, -0.25) is 9.10 Å². The lowest BCUT2D eigenvalue weighted by Crippen LogP contribution is -2.29. The molecule has 0 saturated heterocycles. The van der Waals surface area contributed by atoms with Crippen LogP contribution in [0.4, 0.5) is 5.69 Å². The van der Waals surface area contributed by atoms with E-state index in [1.165, 1.54) is 4.31 Å². The molecule has 10 heteroatoms. The maximum atomic E-state index is 12.8. The first kappa shape index (κ1) is 25.2. The molecule has 0 aromatic heterocycles. The van der Waals surface area contributed by atoms with Crippen LogP contribution in [0.15, 0.2) is 60.7 Å². The Hall–Kier alpha value is -2.94. The summed E-state index contributed by atoms with van der Waals surface area (Å²) >= 11 is 12.3. The molecule has 3 aromatic carbocycles. The molecule has 3 aromatic rings. The maximum Gasteiger partial charge on any atom is 0.251 e. The van der Waals surface area contributed by atoms with E-state index < -0.39 is 10.0 Å². The number of benzene rings is 3. The number of halogens is 2. The fourth-order valence-electron chi connectivity index (χ4n) is 3.69. The molecule has 1 atom stereocenters. The first-order valence-corrected chi connectivity index (χ1v) is 13.4. The summed E-state index contributed by atoms with van der Waals surface area (Å²) in [6.45, 7) is 2.93. The minimum Gasteiger partial charge on any atom is -0.486 e. The van der Waals surface area contributed by atoms with Crippen LogP contribution in [0, 0.1) is 0 Å². The smallest absolute Gasteiger partial charge is 0.251 e. The molecule has 7 nitrogen and oxygen atoms in total. The normalized spacial score (nSPS) is 13.7. The zero-order valence-electron chi connectivity index (χ0n) is 19.1. The van der Waals surface area contributed by atoms with E-state index in [1.807, 2.05) is 25.1 Å². The largest absolute Gasteiger partial charge is 0.486 e. The van der Waals surface area contributed by atoms with Gasteiger partial charge in [-0.05, 0) is 54.4 Å². The van der Waals surface area contributed by atoms with Crippen LogP contribution in [0.5, 0.6) is 11.5 Å². The van der Waals surface area contributed by atoms with E-state index in [-0.39, 0.29) is 34.2 Å². The van der Waals surface area contributed by atoms with Crippen LogP contribution in [0.1, 0.15) is 34.5 Å². The van der Waals surface area contributed by atoms with Crippen molar-refractivity contribution in [2.75, 3.05) is 23.8 Å². The Morgan fingerprint density at radius 2 is 1.71 bits per heavy atom. The molecule has 184 valence electrons. The van der Waals surface area contributed by atoms with E-state index >= 15 is 0 Å². The van der Waals surface area contributed by atoms with E-state index in [4.69, 9.17) is 32.7 Å². The van der Waals surface area contributed by atoms with E-state index in [1.54, 1.807) is 42.5 Å². The standard InChI is InChI=1S/C25H24Cl2N2O5S/c1-16(19-10-11-22-23(14-19)34-13-12-33-22)28-25(30)18-8-6-17(7-9-18)15-29(35(2,31)32)21-5-3-4-20(26)24(21)27/h3-11,14,16H,12-13,15H2,1-2H3,(H,28,30)/t16-/m1/s1. The number of ether oxygens (including phenoxy) is 2. The summed E-state index contributed by atoms with van der Waals surface area (Å²) in [5.74, 6) is 1.10. The summed E-state index contributed by atoms with van der Waals surface area (Å²) in [5.41, 5.74) is 2.31. The highest BCUT2D eigenvalue weighted by Crippen LogP contribution is 2.35. The van der Waals surface area contributed by atoms with Gasteiger partial charge in [0.15, 0.2) is 11.5 Å². The molecule has 35 heavy (non-hydrogen) atoms. The van der Waals surface area contributed by atoms with Gasteiger partial charge in [-0.2, -0.15) is 0 Å². The molecule has 1 aliphatic rings. The number of rotatable bonds is 7. The number of hydrogen-bond donors (Lipinski definition) is 1. The molecule has 4 rings (SSSR count). The first-order chi connectivity index (χ1) is 16.6. The van der Waals surface area contributed by atoms with Crippen molar-refractivity contribution in [1.82, 2.24) is 5.32 Å². The monoisotopic (exact) mass is 534 g/mol. The summed E-state index contributed by atoms with van der Waals surface area (Å²) in [5, 5.41) is 3.39. The average molecular weight is 535 g/mol. The van der Waals surface area contributed by atoms with Crippen molar-refractivity contribution in [2.45, 2.75) is 19.5 Å². The van der Waals surface area contributed by atoms with Crippen molar-refractivity contribution in [3.05, 3.63) is 87.4 Å². The molecule has 0 aliphatic carbocycles. The number of carbonyl (C=O) groups excluding carboxylic acids is 1. The van der Waals surface area contributed by atoms with Crippen LogP contribution in [0.25, 0.3) is 0 Å². The van der Waals surface area contributed by atoms with E-state index in [9.17, 15) is 13.2 Å². The minimum atomic E-state index is -3.64. The van der Waals surface area contributed by atoms with Crippen LogP contribution >= 0.6 is 23.2 Å². The van der Waals surface area contributed by atoms with E-state index in [2.05, 4.69) is 5.32 Å². The third kappa shape index (κ3) is 5.83. The van der Waals surface area contributed by atoms with Crippen LogP contribution < -0.4 is 19.1 Å². The van der Waals surface area contributed by atoms with Crippen LogP contribution in [0.3, 0.4) is 0 Å². The van der Waals surface area contributed by atoms with Crippen molar-refractivity contribution >= 4 is 44.8 Å². The summed E-state index contributed by atoms with van der Waals surface area (Å²) in [6.07, 6.45) is 1.10. The molecule has 1 heterocycles. The minimum absolute atomic E-state index is 0.0361. The lowest BCUT2D eigenvalue weighted by atomic mass is 10.1. The lowest BCUT2D eigenvalue weighted by Gasteiger charge is -2.24. The zero-order valence-corrected chi connectivity index (χ0v) is 21.5. The fourth-order valence-corrected chi connectivity index (χ4v) is 5.03. The third-order valence-electron chi connectivity index (χ3n) is 5.56. The highest BCUT2D eigenvalue weighted by molar-refractivity contribution is 7.92. The summed E-state index contributed by atoms with van der Waals surface area (Å²) in [7, 11) is -3.64. The van der Waals surface area contributed by atoms with Gasteiger partial charge in [-0.25, -0.2) is 8.42 Å². The fraction of sp³-hybridized carbons (Fsp3) is 0.240. The van der Waals surface area contributed by atoms with Gasteiger partial charge in [-0.15, -0.1) is 0 Å². The SMILES string of the molecule is C[C@@H](NC(=O)c1ccc(CN(c2cccc(Cl)c2Cl)S(C)(=O)=O)cc1)c1ccc2c(c1)OCCO2. The molecule has 0 unspecified atom stereocenters. The van der Waals surface area contributed by atoms with Gasteiger partial charge in [-0.1, -0.05) is 47.5 Å². The second-order valence-corrected chi connectivity index (χ2v) is 10.8. The zero-order chi connectivity index (χ0) is 25.2. The van der Waals surface area contributed by atoms with Gasteiger partial charge in [0.2, 0.25) is 10.0 Å². The van der Waals surface area contributed by atoms with Crippen LogP contribution in [-0.2, 0) is 16.6 Å². The van der Waals surface area contributed by atoms with Crippen LogP contribution in [-0.4, -0.2) is 33.8 Å². The first-order valence-electron chi connectivity index (χ1n) is 10.8. The number of nitrogens with one attached hydrogen (secondary N) is 1. The molecule has 1 aliphatic heterocycles. The van der Waals surface area contributed by atoms with Gasteiger partial charge >= 0.3 is 0 Å². The van der Waals surface area contributed by atoms with E-state index in [0.29, 0.717) is 35.8 Å². The van der Waals surface area contributed by atoms with Gasteiger partial charge in [0, 0.05) is 5.56 Å². The van der Waals surface area contributed by atoms with Gasteiger partial charge < -0.3 is 14.8 Å². The summed E-state index contributed by atoms with van der Waals surface area (Å²) in [6, 6.07) is 16.9. The molecule has 0 radical (unpaired) electrons. The Balaban J connectivity index is 1.47. The molecular formula is C25H24Cl2N2O5S. The highest BCUT2D eigenvalue weighted by Gasteiger charge is 2.22. The Labute approximate surface area is 214 Å². The van der Waals surface area contributed by atoms with Crippen molar-refractivity contribution in [3.8, 4) is 11.5 Å². The Morgan fingerprint density at radius 1 is 1.03 bits per heavy atom.